The van der Waals surface area contributed by atoms with Gasteiger partial charge >= 0.3 is 0 Å². The van der Waals surface area contributed by atoms with Crippen molar-refractivity contribution in [1.29, 1.82) is 0 Å². The highest BCUT2D eigenvalue weighted by Gasteiger charge is 2.28. The molecule has 0 aliphatic carbocycles. The van der Waals surface area contributed by atoms with Gasteiger partial charge < -0.3 is 20.0 Å². The topological polar surface area (TPSA) is 64.0 Å². The summed E-state index contributed by atoms with van der Waals surface area (Å²) < 4.78 is 0. The fourth-order valence-corrected chi connectivity index (χ4v) is 2.19. The zero-order valence-corrected chi connectivity index (χ0v) is 10.6. The Kier molecular flexibility index (Phi) is 3.43. The Balaban J connectivity index is 2.10. The van der Waals surface area contributed by atoms with Crippen LogP contribution in [0.4, 0.5) is 0 Å². The van der Waals surface area contributed by atoms with Crippen molar-refractivity contribution in [3.8, 4) is 11.5 Å². The second-order valence-corrected chi connectivity index (χ2v) is 4.86. The minimum Gasteiger partial charge on any atom is -0.504 e. The molecule has 0 bridgehead atoms. The smallest absolute Gasteiger partial charge is 0.254 e. The minimum atomic E-state index is -0.260. The fourth-order valence-electron chi connectivity index (χ4n) is 2.19. The molecule has 1 heterocycles. The number of carbonyl (C=O) groups is 1. The molecule has 1 aromatic carbocycles. The fraction of sp³-hybridized carbons (Fsp3) is 0.462. The number of phenols is 2. The van der Waals surface area contributed by atoms with E-state index >= 15 is 0 Å². The molecule has 1 unspecified atom stereocenters. The molecule has 0 radical (unpaired) electrons. The van der Waals surface area contributed by atoms with Crippen LogP contribution in [0, 0.1) is 0 Å². The summed E-state index contributed by atoms with van der Waals surface area (Å²) in [5.41, 5.74) is 0.407. The number of hydrogen-bond acceptors (Lipinski definition) is 4. The molecule has 98 valence electrons. The Bertz CT molecular complexity index is 460. The highest BCUT2D eigenvalue weighted by molar-refractivity contribution is 5.95. The highest BCUT2D eigenvalue weighted by atomic mass is 16.3. The third-order valence-corrected chi connectivity index (χ3v) is 3.40. The number of likely N-dealkylation sites (tertiary alicyclic amines) is 1. The summed E-state index contributed by atoms with van der Waals surface area (Å²) >= 11 is 0. The number of rotatable bonds is 2. The molecule has 1 aromatic rings. The molecule has 1 saturated heterocycles. The summed E-state index contributed by atoms with van der Waals surface area (Å²) in [6.07, 6.45) is 0.961. The van der Waals surface area contributed by atoms with Crippen LogP contribution in [0.1, 0.15) is 16.8 Å². The molecule has 2 N–H and O–H groups in total. The second kappa shape index (κ2) is 4.86. The van der Waals surface area contributed by atoms with Crippen molar-refractivity contribution >= 4 is 5.91 Å². The Morgan fingerprint density at radius 2 is 2.06 bits per heavy atom. The van der Waals surface area contributed by atoms with Crippen molar-refractivity contribution in [3.05, 3.63) is 23.8 Å². The van der Waals surface area contributed by atoms with Crippen LogP contribution in [-0.4, -0.2) is 59.1 Å². The first-order valence-corrected chi connectivity index (χ1v) is 5.96. The van der Waals surface area contributed by atoms with Crippen molar-refractivity contribution in [2.45, 2.75) is 12.5 Å². The maximum atomic E-state index is 12.2. The number of phenolic OH excluding ortho intramolecular Hbond substituents is 2. The quantitative estimate of drug-likeness (QED) is 0.765. The molecule has 18 heavy (non-hydrogen) atoms. The van der Waals surface area contributed by atoms with Crippen LogP contribution in [0.3, 0.4) is 0 Å². The number of hydrogen-bond donors (Lipinski definition) is 2. The number of amides is 1. The van der Waals surface area contributed by atoms with Crippen molar-refractivity contribution in [2.75, 3.05) is 27.2 Å². The predicted octanol–water partition coefficient (Wildman–Crippen LogP) is 0.874. The monoisotopic (exact) mass is 250 g/mol. The molecular weight excluding hydrogens is 232 g/mol. The lowest BCUT2D eigenvalue weighted by molar-refractivity contribution is 0.0782. The van der Waals surface area contributed by atoms with E-state index in [-0.39, 0.29) is 17.4 Å². The Hall–Kier alpha value is -1.75. The van der Waals surface area contributed by atoms with Crippen molar-refractivity contribution in [3.63, 3.8) is 0 Å². The normalized spacial score (nSPS) is 19.5. The Morgan fingerprint density at radius 1 is 1.33 bits per heavy atom. The van der Waals surface area contributed by atoms with Crippen LogP contribution in [0.2, 0.25) is 0 Å². The molecule has 0 spiro atoms. The maximum absolute atomic E-state index is 12.2. The van der Waals surface area contributed by atoms with Gasteiger partial charge in [0.25, 0.3) is 5.91 Å². The van der Waals surface area contributed by atoms with E-state index in [1.54, 1.807) is 4.90 Å². The van der Waals surface area contributed by atoms with Gasteiger partial charge in [0.15, 0.2) is 11.5 Å². The lowest BCUT2D eigenvalue weighted by Crippen LogP contribution is -2.34. The van der Waals surface area contributed by atoms with Gasteiger partial charge in [-0.1, -0.05) is 0 Å². The van der Waals surface area contributed by atoms with E-state index in [0.717, 1.165) is 13.0 Å². The predicted molar refractivity (Wildman–Crippen MR) is 67.8 cm³/mol. The van der Waals surface area contributed by atoms with Gasteiger partial charge in [-0.2, -0.15) is 0 Å². The molecule has 5 heteroatoms. The zero-order valence-electron chi connectivity index (χ0n) is 10.6. The molecular formula is C13H18N2O3. The molecule has 0 saturated carbocycles. The van der Waals surface area contributed by atoms with Crippen molar-refractivity contribution in [1.82, 2.24) is 9.80 Å². The molecule has 1 amide bonds. The standard InChI is InChI=1S/C13H18N2O3/c1-14(2)10-5-6-15(8-10)13(18)9-3-4-11(16)12(17)7-9/h3-4,7,10,16-17H,5-6,8H2,1-2H3. The van der Waals surface area contributed by atoms with Gasteiger partial charge in [-0.25, -0.2) is 0 Å². The van der Waals surface area contributed by atoms with Crippen LogP contribution < -0.4 is 0 Å². The van der Waals surface area contributed by atoms with E-state index < -0.39 is 0 Å². The van der Waals surface area contributed by atoms with E-state index in [0.29, 0.717) is 18.2 Å². The van der Waals surface area contributed by atoms with Gasteiger partial charge in [0.1, 0.15) is 0 Å². The van der Waals surface area contributed by atoms with Gasteiger partial charge in [0.2, 0.25) is 0 Å². The van der Waals surface area contributed by atoms with Crippen molar-refractivity contribution < 1.29 is 15.0 Å². The average molecular weight is 250 g/mol. The first-order chi connectivity index (χ1) is 8.49. The van der Waals surface area contributed by atoms with Crippen LogP contribution in [0.25, 0.3) is 0 Å². The van der Waals surface area contributed by atoms with Crippen molar-refractivity contribution in [2.24, 2.45) is 0 Å². The van der Waals surface area contributed by atoms with Gasteiger partial charge in [0.05, 0.1) is 0 Å². The zero-order chi connectivity index (χ0) is 13.3. The summed E-state index contributed by atoms with van der Waals surface area (Å²) in [6, 6.07) is 4.56. The lowest BCUT2D eigenvalue weighted by Gasteiger charge is -2.20. The molecule has 1 atom stereocenters. The van der Waals surface area contributed by atoms with Crippen LogP contribution in [-0.2, 0) is 0 Å². The van der Waals surface area contributed by atoms with E-state index in [2.05, 4.69) is 4.90 Å². The van der Waals surface area contributed by atoms with Gasteiger partial charge in [0, 0.05) is 24.7 Å². The third kappa shape index (κ3) is 2.41. The minimum absolute atomic E-state index is 0.102. The lowest BCUT2D eigenvalue weighted by atomic mass is 10.2. The first kappa shape index (κ1) is 12.7. The van der Waals surface area contributed by atoms with E-state index in [9.17, 15) is 15.0 Å². The largest absolute Gasteiger partial charge is 0.504 e. The van der Waals surface area contributed by atoms with Gasteiger partial charge in [-0.3, -0.25) is 4.79 Å². The van der Waals surface area contributed by atoms with Crippen LogP contribution in [0.15, 0.2) is 18.2 Å². The Labute approximate surface area is 106 Å². The first-order valence-electron chi connectivity index (χ1n) is 5.96. The van der Waals surface area contributed by atoms with Crippen LogP contribution in [0.5, 0.6) is 11.5 Å². The average Bonchev–Trinajstić information content (AvgIpc) is 2.81. The molecule has 2 rings (SSSR count). The summed E-state index contributed by atoms with van der Waals surface area (Å²) in [5.74, 6) is -0.571. The van der Waals surface area contributed by atoms with Gasteiger partial charge in [-0.05, 0) is 38.7 Å². The van der Waals surface area contributed by atoms with E-state index in [4.69, 9.17) is 0 Å². The number of aromatic hydroxyl groups is 2. The Morgan fingerprint density at radius 3 is 2.61 bits per heavy atom. The summed E-state index contributed by atoms with van der Waals surface area (Å²) in [5, 5.41) is 18.6. The second-order valence-electron chi connectivity index (χ2n) is 4.86. The molecule has 0 aromatic heterocycles. The van der Waals surface area contributed by atoms with Crippen LogP contribution >= 0.6 is 0 Å². The third-order valence-electron chi connectivity index (χ3n) is 3.40. The number of likely N-dealkylation sites (N-methyl/N-ethyl adjacent to an activating group) is 1. The SMILES string of the molecule is CN(C)C1CCN(C(=O)c2ccc(O)c(O)c2)C1. The highest BCUT2D eigenvalue weighted by Crippen LogP contribution is 2.26. The summed E-state index contributed by atoms with van der Waals surface area (Å²) in [6.45, 7) is 1.43. The summed E-state index contributed by atoms with van der Waals surface area (Å²) in [7, 11) is 4.01. The number of nitrogens with zero attached hydrogens (tertiary/aromatic N) is 2. The molecule has 5 nitrogen and oxygen atoms in total. The molecule has 1 aliphatic heterocycles. The van der Waals surface area contributed by atoms with E-state index in [1.165, 1.54) is 18.2 Å². The number of benzene rings is 1. The van der Waals surface area contributed by atoms with E-state index in [1.807, 2.05) is 14.1 Å². The molecule has 1 aliphatic rings. The number of carbonyl (C=O) groups excluding carboxylic acids is 1. The van der Waals surface area contributed by atoms with Gasteiger partial charge in [-0.15, -0.1) is 0 Å². The summed E-state index contributed by atoms with van der Waals surface area (Å²) in [4.78, 5) is 16.1. The molecule has 1 fully saturated rings. The maximum Gasteiger partial charge on any atom is 0.254 e.